The van der Waals surface area contributed by atoms with Gasteiger partial charge in [0.15, 0.2) is 0 Å². The lowest BCUT2D eigenvalue weighted by Gasteiger charge is -2.20. The Morgan fingerprint density at radius 2 is 2.05 bits per heavy atom. The molecule has 118 valence electrons. The highest BCUT2D eigenvalue weighted by Crippen LogP contribution is 2.36. The van der Waals surface area contributed by atoms with E-state index in [-0.39, 0.29) is 0 Å². The highest BCUT2D eigenvalue weighted by atomic mass is 32.1. The van der Waals surface area contributed by atoms with E-state index in [0.29, 0.717) is 17.2 Å². The molecule has 1 fully saturated rings. The van der Waals surface area contributed by atoms with E-state index < -0.39 is 5.97 Å². The molecule has 6 heteroatoms. The summed E-state index contributed by atoms with van der Waals surface area (Å²) in [5.74, 6) is 0.224. The number of rotatable bonds is 4. The van der Waals surface area contributed by atoms with E-state index in [1.807, 2.05) is 13.8 Å². The molecule has 3 rings (SSSR count). The molecule has 0 radical (unpaired) electrons. The van der Waals surface area contributed by atoms with E-state index in [9.17, 15) is 9.90 Å². The smallest absolute Gasteiger partial charge is 0.347 e. The van der Waals surface area contributed by atoms with Crippen molar-refractivity contribution < 1.29 is 14.4 Å². The largest absolute Gasteiger partial charge is 0.477 e. The van der Waals surface area contributed by atoms with Crippen molar-refractivity contribution >= 4 is 17.3 Å². The third-order valence-corrected chi connectivity index (χ3v) is 5.45. The number of carboxylic acid groups (broad SMARTS) is 1. The van der Waals surface area contributed by atoms with Crippen molar-refractivity contribution in [3.05, 3.63) is 32.6 Å². The van der Waals surface area contributed by atoms with Gasteiger partial charge in [0.1, 0.15) is 10.6 Å². The number of aromatic nitrogens is 2. The number of aromatic carboxylic acids is 1. The van der Waals surface area contributed by atoms with E-state index in [1.54, 1.807) is 0 Å². The van der Waals surface area contributed by atoms with Crippen LogP contribution in [0, 0.1) is 13.8 Å². The first kappa shape index (κ1) is 15.2. The number of carboxylic acids is 1. The third kappa shape index (κ3) is 2.92. The quantitative estimate of drug-likeness (QED) is 0.918. The summed E-state index contributed by atoms with van der Waals surface area (Å²) in [6.07, 6.45) is 6.28. The van der Waals surface area contributed by atoms with Crippen LogP contribution in [0.1, 0.15) is 75.4 Å². The summed E-state index contributed by atoms with van der Waals surface area (Å²) in [4.78, 5) is 16.6. The standard InChI is InChI=1S/C16H20N2O3S/c1-9-12(10(2)21-18-9)8-13-17-14(15(22-13)16(19)20)11-6-4-3-5-7-11/h11H,3-8H2,1-2H3,(H,19,20). The van der Waals surface area contributed by atoms with Crippen LogP contribution in [0.3, 0.4) is 0 Å². The molecule has 0 unspecified atom stereocenters. The van der Waals surface area contributed by atoms with Gasteiger partial charge >= 0.3 is 5.97 Å². The van der Waals surface area contributed by atoms with E-state index in [4.69, 9.17) is 4.52 Å². The van der Waals surface area contributed by atoms with Crippen LogP contribution < -0.4 is 0 Å². The van der Waals surface area contributed by atoms with Gasteiger partial charge in [-0.2, -0.15) is 0 Å². The normalized spacial score (nSPS) is 16.1. The number of hydrogen-bond donors (Lipinski definition) is 1. The number of carbonyl (C=O) groups is 1. The van der Waals surface area contributed by atoms with Gasteiger partial charge in [-0.15, -0.1) is 11.3 Å². The van der Waals surface area contributed by atoms with Crippen molar-refractivity contribution in [2.24, 2.45) is 0 Å². The Balaban J connectivity index is 1.91. The number of aryl methyl sites for hydroxylation is 2. The zero-order valence-corrected chi connectivity index (χ0v) is 13.7. The topological polar surface area (TPSA) is 76.2 Å². The summed E-state index contributed by atoms with van der Waals surface area (Å²) in [5, 5.41) is 14.3. The Hall–Kier alpha value is -1.69. The summed E-state index contributed by atoms with van der Waals surface area (Å²) >= 11 is 1.30. The Morgan fingerprint density at radius 1 is 1.32 bits per heavy atom. The second kappa shape index (κ2) is 6.20. The summed E-state index contributed by atoms with van der Waals surface area (Å²) in [6, 6.07) is 0. The van der Waals surface area contributed by atoms with Crippen LogP contribution in [0.25, 0.3) is 0 Å². The molecular weight excluding hydrogens is 300 g/mol. The molecule has 22 heavy (non-hydrogen) atoms. The molecule has 5 nitrogen and oxygen atoms in total. The van der Waals surface area contributed by atoms with Crippen LogP contribution >= 0.6 is 11.3 Å². The number of thiazole rings is 1. The van der Waals surface area contributed by atoms with Gasteiger partial charge in [-0.1, -0.05) is 24.4 Å². The molecule has 0 spiro atoms. The van der Waals surface area contributed by atoms with Gasteiger partial charge in [-0.05, 0) is 26.7 Å². The molecule has 0 bridgehead atoms. The highest BCUT2D eigenvalue weighted by Gasteiger charge is 2.26. The zero-order valence-electron chi connectivity index (χ0n) is 12.9. The lowest BCUT2D eigenvalue weighted by atomic mass is 9.86. The average molecular weight is 320 g/mol. The molecule has 0 aliphatic heterocycles. The Bertz CT molecular complexity index is 664. The van der Waals surface area contributed by atoms with Crippen molar-refractivity contribution in [2.45, 2.75) is 58.3 Å². The van der Waals surface area contributed by atoms with Gasteiger partial charge in [0.25, 0.3) is 0 Å². The van der Waals surface area contributed by atoms with Gasteiger partial charge in [-0.25, -0.2) is 9.78 Å². The molecule has 0 saturated heterocycles. The Morgan fingerprint density at radius 3 is 2.64 bits per heavy atom. The summed E-state index contributed by atoms with van der Waals surface area (Å²) in [5.41, 5.74) is 2.66. The fraction of sp³-hybridized carbons (Fsp3) is 0.562. The molecule has 1 aliphatic carbocycles. The minimum absolute atomic E-state index is 0.300. The lowest BCUT2D eigenvalue weighted by molar-refractivity contribution is 0.0700. The van der Waals surface area contributed by atoms with Crippen LogP contribution in [0.2, 0.25) is 0 Å². The van der Waals surface area contributed by atoms with E-state index in [1.165, 1.54) is 30.6 Å². The fourth-order valence-electron chi connectivity index (χ4n) is 3.17. The monoisotopic (exact) mass is 320 g/mol. The van der Waals surface area contributed by atoms with Gasteiger partial charge in [0.05, 0.1) is 16.4 Å². The molecule has 1 saturated carbocycles. The summed E-state index contributed by atoms with van der Waals surface area (Å²) in [6.45, 7) is 3.78. The van der Waals surface area contributed by atoms with E-state index >= 15 is 0 Å². The van der Waals surface area contributed by atoms with Crippen molar-refractivity contribution in [2.75, 3.05) is 0 Å². The van der Waals surface area contributed by atoms with Crippen LogP contribution in [-0.2, 0) is 6.42 Å². The molecule has 0 amide bonds. The Kier molecular flexibility index (Phi) is 4.29. The first-order chi connectivity index (χ1) is 10.6. The molecule has 2 aromatic rings. The second-order valence-corrected chi connectivity index (χ2v) is 7.03. The minimum Gasteiger partial charge on any atom is -0.477 e. The van der Waals surface area contributed by atoms with Crippen molar-refractivity contribution in [3.63, 3.8) is 0 Å². The number of nitrogens with zero attached hydrogens (tertiary/aromatic N) is 2. The molecule has 0 aromatic carbocycles. The van der Waals surface area contributed by atoms with E-state index in [2.05, 4.69) is 10.1 Å². The van der Waals surface area contributed by atoms with E-state index in [0.717, 1.165) is 40.6 Å². The van der Waals surface area contributed by atoms with Crippen LogP contribution in [0.4, 0.5) is 0 Å². The van der Waals surface area contributed by atoms with Crippen molar-refractivity contribution in [1.29, 1.82) is 0 Å². The number of hydrogen-bond acceptors (Lipinski definition) is 5. The molecule has 2 aromatic heterocycles. The van der Waals surface area contributed by atoms with Gasteiger partial charge in [0, 0.05) is 17.9 Å². The average Bonchev–Trinajstić information content (AvgIpc) is 3.07. The highest BCUT2D eigenvalue weighted by molar-refractivity contribution is 7.13. The lowest BCUT2D eigenvalue weighted by Crippen LogP contribution is -2.09. The maximum Gasteiger partial charge on any atom is 0.347 e. The molecule has 1 aliphatic rings. The van der Waals surface area contributed by atoms with Gasteiger partial charge < -0.3 is 9.63 Å². The predicted molar refractivity (Wildman–Crippen MR) is 83.7 cm³/mol. The Labute approximate surface area is 133 Å². The fourth-order valence-corrected chi connectivity index (χ4v) is 4.17. The molecule has 0 atom stereocenters. The molecule has 2 heterocycles. The minimum atomic E-state index is -0.858. The maximum absolute atomic E-state index is 11.6. The first-order valence-electron chi connectivity index (χ1n) is 7.71. The van der Waals surface area contributed by atoms with Crippen LogP contribution in [0.15, 0.2) is 4.52 Å². The van der Waals surface area contributed by atoms with Crippen molar-refractivity contribution in [1.82, 2.24) is 10.1 Å². The second-order valence-electron chi connectivity index (χ2n) is 5.94. The molecular formula is C16H20N2O3S. The first-order valence-corrected chi connectivity index (χ1v) is 8.52. The van der Waals surface area contributed by atoms with Crippen LogP contribution in [0.5, 0.6) is 0 Å². The summed E-state index contributed by atoms with van der Waals surface area (Å²) < 4.78 is 5.18. The summed E-state index contributed by atoms with van der Waals surface area (Å²) in [7, 11) is 0. The third-order valence-electron chi connectivity index (χ3n) is 4.39. The van der Waals surface area contributed by atoms with Gasteiger partial charge in [-0.3, -0.25) is 0 Å². The maximum atomic E-state index is 11.6. The predicted octanol–water partition coefficient (Wildman–Crippen LogP) is 4.08. The van der Waals surface area contributed by atoms with Crippen molar-refractivity contribution in [3.8, 4) is 0 Å². The van der Waals surface area contributed by atoms with Gasteiger partial charge in [0.2, 0.25) is 0 Å². The van der Waals surface area contributed by atoms with Crippen LogP contribution in [-0.4, -0.2) is 21.2 Å². The zero-order chi connectivity index (χ0) is 15.7. The molecule has 1 N–H and O–H groups in total. The SMILES string of the molecule is Cc1noc(C)c1Cc1nc(C2CCCCC2)c(C(=O)O)s1.